The highest BCUT2D eigenvalue weighted by Crippen LogP contribution is 2.10. The summed E-state index contributed by atoms with van der Waals surface area (Å²) >= 11 is 0. The van der Waals surface area contributed by atoms with Crippen molar-refractivity contribution in [1.82, 2.24) is 14.6 Å². The van der Waals surface area contributed by atoms with Gasteiger partial charge in [0.25, 0.3) is 0 Å². The zero-order chi connectivity index (χ0) is 18.7. The van der Waals surface area contributed by atoms with Crippen LogP contribution in [0.2, 0.25) is 0 Å². The van der Waals surface area contributed by atoms with Crippen LogP contribution in [0, 0.1) is 5.82 Å². The highest BCUT2D eigenvalue weighted by atomic mass is 19.1. The number of fused-ring (bicyclic) bond motifs is 1. The molecule has 0 spiro atoms. The van der Waals surface area contributed by atoms with Crippen molar-refractivity contribution >= 4 is 17.4 Å². The number of hydrogen-bond donors (Lipinski definition) is 2. The number of nitrogens with zero attached hydrogens (tertiary/aromatic N) is 3. The maximum Gasteiger partial charge on any atom is 0.303 e. The average molecular weight is 357 g/mol. The summed E-state index contributed by atoms with van der Waals surface area (Å²) in [4.78, 5) is 27.2. The number of carbonyl (C=O) groups is 1. The van der Waals surface area contributed by atoms with Crippen molar-refractivity contribution in [3.8, 4) is 0 Å². The normalized spacial score (nSPS) is 12.3. The Morgan fingerprint density at radius 2 is 1.85 bits per heavy atom. The monoisotopic (exact) mass is 357 g/mol. The lowest BCUT2D eigenvalue weighted by Gasteiger charge is -2.05. The SMILES string of the molecule is O=C(O)CCC(O)=c1c(=O)cc(CCc2ccc(F)cc2)c2ncnn12. The van der Waals surface area contributed by atoms with E-state index in [0.717, 1.165) is 5.56 Å². The second kappa shape index (κ2) is 7.30. The molecule has 1 aromatic carbocycles. The highest BCUT2D eigenvalue weighted by molar-refractivity contribution is 5.68. The predicted octanol–water partition coefficient (Wildman–Crippen LogP) is 1.26. The van der Waals surface area contributed by atoms with Crippen LogP contribution in [0.3, 0.4) is 0 Å². The molecular formula is C18H16FN3O4. The molecule has 0 bridgehead atoms. The molecule has 0 atom stereocenters. The lowest BCUT2D eigenvalue weighted by molar-refractivity contribution is -0.136. The largest absolute Gasteiger partial charge is 0.510 e. The van der Waals surface area contributed by atoms with Gasteiger partial charge in [0, 0.05) is 12.0 Å². The van der Waals surface area contributed by atoms with Crippen LogP contribution in [-0.4, -0.2) is 30.8 Å². The van der Waals surface area contributed by atoms with Crippen molar-refractivity contribution in [2.45, 2.75) is 25.7 Å². The summed E-state index contributed by atoms with van der Waals surface area (Å²) in [6.45, 7) is 0. The first-order chi connectivity index (χ1) is 12.5. The van der Waals surface area contributed by atoms with E-state index in [4.69, 9.17) is 5.11 Å². The fourth-order valence-corrected chi connectivity index (χ4v) is 2.74. The number of aliphatic carboxylic acids is 1. The van der Waals surface area contributed by atoms with Crippen molar-refractivity contribution < 1.29 is 19.4 Å². The van der Waals surface area contributed by atoms with Gasteiger partial charge in [-0.3, -0.25) is 9.59 Å². The third kappa shape index (κ3) is 3.69. The van der Waals surface area contributed by atoms with Crippen LogP contribution < -0.4 is 10.8 Å². The van der Waals surface area contributed by atoms with Gasteiger partial charge in [-0.2, -0.15) is 5.10 Å². The summed E-state index contributed by atoms with van der Waals surface area (Å²) in [6, 6.07) is 7.47. The van der Waals surface area contributed by atoms with Gasteiger partial charge >= 0.3 is 5.97 Å². The van der Waals surface area contributed by atoms with Gasteiger partial charge in [-0.15, -0.1) is 0 Å². The van der Waals surface area contributed by atoms with Gasteiger partial charge in [-0.25, -0.2) is 13.9 Å². The molecule has 2 heterocycles. The molecule has 2 aromatic heterocycles. The van der Waals surface area contributed by atoms with E-state index < -0.39 is 11.4 Å². The number of aliphatic hydroxyl groups is 1. The minimum Gasteiger partial charge on any atom is -0.510 e. The molecule has 0 radical (unpaired) electrons. The van der Waals surface area contributed by atoms with Crippen LogP contribution >= 0.6 is 0 Å². The molecule has 0 amide bonds. The number of carboxylic acid groups (broad SMARTS) is 1. The van der Waals surface area contributed by atoms with Gasteiger partial charge in [0.2, 0.25) is 5.43 Å². The van der Waals surface area contributed by atoms with Crippen LogP contribution in [-0.2, 0) is 17.6 Å². The molecule has 26 heavy (non-hydrogen) atoms. The third-order valence-electron chi connectivity index (χ3n) is 4.03. The zero-order valence-electron chi connectivity index (χ0n) is 13.7. The van der Waals surface area contributed by atoms with Crippen molar-refractivity contribution in [3.63, 3.8) is 0 Å². The van der Waals surface area contributed by atoms with Crippen molar-refractivity contribution in [1.29, 1.82) is 0 Å². The van der Waals surface area contributed by atoms with Crippen LogP contribution in [0.15, 0.2) is 41.5 Å². The van der Waals surface area contributed by atoms with Gasteiger partial charge in [-0.1, -0.05) is 12.1 Å². The molecule has 0 saturated heterocycles. The number of hydrogen-bond acceptors (Lipinski definition) is 5. The lowest BCUT2D eigenvalue weighted by atomic mass is 10.0. The minimum absolute atomic E-state index is 0.0794. The summed E-state index contributed by atoms with van der Waals surface area (Å²) in [5, 5.41) is 22.8. The number of benzene rings is 1. The van der Waals surface area contributed by atoms with Crippen molar-refractivity contribution in [3.05, 3.63) is 69.2 Å². The minimum atomic E-state index is -1.07. The second-order valence-electron chi connectivity index (χ2n) is 5.84. The fourth-order valence-electron chi connectivity index (χ4n) is 2.74. The van der Waals surface area contributed by atoms with Crippen LogP contribution in [0.4, 0.5) is 4.39 Å². The van der Waals surface area contributed by atoms with E-state index in [2.05, 4.69) is 10.1 Å². The number of aryl methyl sites for hydroxylation is 2. The Morgan fingerprint density at radius 3 is 2.54 bits per heavy atom. The Kier molecular flexibility index (Phi) is 4.92. The summed E-state index contributed by atoms with van der Waals surface area (Å²) < 4.78 is 14.2. The second-order valence-corrected chi connectivity index (χ2v) is 5.84. The van der Waals surface area contributed by atoms with Gasteiger partial charge in [0.1, 0.15) is 17.9 Å². The van der Waals surface area contributed by atoms with E-state index in [1.165, 1.54) is 29.0 Å². The Balaban J connectivity index is 1.96. The summed E-state index contributed by atoms with van der Waals surface area (Å²) in [5.74, 6) is -1.72. The molecule has 2 N–H and O–H groups in total. The summed E-state index contributed by atoms with van der Waals surface area (Å²) in [6.07, 6.45) is 1.86. The Morgan fingerprint density at radius 1 is 1.12 bits per heavy atom. The van der Waals surface area contributed by atoms with E-state index in [1.54, 1.807) is 12.1 Å². The van der Waals surface area contributed by atoms with Crippen molar-refractivity contribution in [2.75, 3.05) is 0 Å². The molecule has 0 saturated carbocycles. The maximum absolute atomic E-state index is 13.0. The first-order valence-electron chi connectivity index (χ1n) is 7.99. The van der Waals surface area contributed by atoms with E-state index in [0.29, 0.717) is 24.1 Å². The van der Waals surface area contributed by atoms with Crippen molar-refractivity contribution in [2.24, 2.45) is 0 Å². The van der Waals surface area contributed by atoms with E-state index in [1.807, 2.05) is 0 Å². The fraction of sp³-hybridized carbons (Fsp3) is 0.222. The van der Waals surface area contributed by atoms with Crippen LogP contribution in [0.25, 0.3) is 11.4 Å². The first-order valence-corrected chi connectivity index (χ1v) is 7.99. The van der Waals surface area contributed by atoms with Crippen LogP contribution in [0.1, 0.15) is 24.0 Å². The topological polar surface area (TPSA) is 105 Å². The number of aliphatic hydroxyl groups excluding tert-OH is 1. The van der Waals surface area contributed by atoms with Crippen LogP contribution in [0.5, 0.6) is 0 Å². The number of pyridine rings is 1. The molecule has 7 nitrogen and oxygen atoms in total. The average Bonchev–Trinajstić information content (AvgIpc) is 3.08. The summed E-state index contributed by atoms with van der Waals surface area (Å²) in [7, 11) is 0. The van der Waals surface area contributed by atoms with Gasteiger partial charge in [0.05, 0.1) is 6.42 Å². The number of carboxylic acids is 1. The number of halogens is 1. The quantitative estimate of drug-likeness (QED) is 0.688. The standard InChI is InChI=1S/C18H16FN3O4/c19-13-5-2-11(3-6-13)1-4-12-9-15(24)17(14(23)7-8-16(25)26)22-18(12)20-10-21-22/h2-3,5-6,9-10,23H,1,4,7-8H2,(H,25,26). The molecule has 3 rings (SSSR count). The number of rotatable bonds is 6. The number of aromatic nitrogens is 3. The molecule has 0 aliphatic heterocycles. The smallest absolute Gasteiger partial charge is 0.303 e. The van der Waals surface area contributed by atoms with Gasteiger partial charge in [0.15, 0.2) is 11.0 Å². The molecule has 0 unspecified atom stereocenters. The van der Waals surface area contributed by atoms with E-state index in [-0.39, 0.29) is 29.8 Å². The van der Waals surface area contributed by atoms with E-state index >= 15 is 0 Å². The molecule has 0 aliphatic rings. The summed E-state index contributed by atoms with van der Waals surface area (Å²) in [5.41, 5.74) is 1.52. The predicted molar refractivity (Wildman–Crippen MR) is 91.2 cm³/mol. The van der Waals surface area contributed by atoms with Gasteiger partial charge < -0.3 is 10.2 Å². The molecule has 134 valence electrons. The molecular weight excluding hydrogens is 341 g/mol. The Labute approximate surface area is 147 Å². The maximum atomic E-state index is 13.0. The first kappa shape index (κ1) is 17.5. The molecule has 0 aliphatic carbocycles. The molecule has 8 heteroatoms. The molecule has 3 aromatic rings. The molecule has 0 fully saturated rings. The highest BCUT2D eigenvalue weighted by Gasteiger charge is 2.12. The van der Waals surface area contributed by atoms with E-state index in [9.17, 15) is 19.1 Å². The van der Waals surface area contributed by atoms with Gasteiger partial charge in [-0.05, 0) is 36.6 Å². The third-order valence-corrected chi connectivity index (χ3v) is 4.03. The Bertz CT molecular complexity index is 1060. The Hall–Kier alpha value is -3.29. The zero-order valence-corrected chi connectivity index (χ0v) is 13.7. The lowest BCUT2D eigenvalue weighted by Crippen LogP contribution is -2.35.